The van der Waals surface area contributed by atoms with E-state index in [0.717, 1.165) is 29.6 Å². The van der Waals surface area contributed by atoms with Crippen molar-refractivity contribution in [2.75, 3.05) is 11.9 Å². The number of benzene rings is 2. The first kappa shape index (κ1) is 22.3. The molecule has 4 rings (SSSR count). The lowest BCUT2D eigenvalue weighted by molar-refractivity contribution is 0.0500. The number of aryl methyl sites for hydroxylation is 1. The number of fused-ring (bicyclic) bond motifs is 1. The van der Waals surface area contributed by atoms with E-state index < -0.39 is 6.04 Å². The Labute approximate surface area is 193 Å². The van der Waals surface area contributed by atoms with Crippen LogP contribution in [-0.4, -0.2) is 27.7 Å². The number of hydrogen-bond donors (Lipinski definition) is 2. The summed E-state index contributed by atoms with van der Waals surface area (Å²) >= 11 is 0. The fourth-order valence-electron chi connectivity index (χ4n) is 3.67. The van der Waals surface area contributed by atoms with Crippen molar-refractivity contribution >= 4 is 22.6 Å². The smallest absolute Gasteiger partial charge is 0.338 e. The van der Waals surface area contributed by atoms with Gasteiger partial charge in [0.1, 0.15) is 11.3 Å². The molecule has 6 nitrogen and oxygen atoms in total. The van der Waals surface area contributed by atoms with Gasteiger partial charge in [0.25, 0.3) is 0 Å². The number of unbranched alkanes of at least 4 members (excludes halogenated alkanes) is 1. The zero-order valence-electron chi connectivity index (χ0n) is 18.8. The molecule has 0 amide bonds. The highest BCUT2D eigenvalue weighted by Crippen LogP contribution is 2.36. The van der Waals surface area contributed by atoms with E-state index in [9.17, 15) is 9.90 Å². The summed E-state index contributed by atoms with van der Waals surface area (Å²) in [5, 5.41) is 15.4. The molecule has 0 spiro atoms. The molecule has 33 heavy (non-hydrogen) atoms. The van der Waals surface area contributed by atoms with Gasteiger partial charge in [-0.3, -0.25) is 4.98 Å². The van der Waals surface area contributed by atoms with Crippen LogP contribution in [0.5, 0.6) is 5.75 Å². The summed E-state index contributed by atoms with van der Waals surface area (Å²) in [7, 11) is 0. The molecule has 1 unspecified atom stereocenters. The Kier molecular flexibility index (Phi) is 6.83. The molecule has 4 aromatic rings. The summed E-state index contributed by atoms with van der Waals surface area (Å²) in [6.45, 7) is 4.35. The van der Waals surface area contributed by atoms with Gasteiger partial charge in [-0.25, -0.2) is 9.78 Å². The van der Waals surface area contributed by atoms with Gasteiger partial charge in [0.15, 0.2) is 0 Å². The number of hydrogen-bond acceptors (Lipinski definition) is 6. The molecule has 0 fully saturated rings. The van der Waals surface area contributed by atoms with E-state index >= 15 is 0 Å². The molecule has 1 atom stereocenters. The molecule has 0 aliphatic carbocycles. The summed E-state index contributed by atoms with van der Waals surface area (Å²) in [5.41, 5.74) is 3.93. The number of carbonyl (C=O) groups is 1. The molecule has 0 radical (unpaired) electrons. The molecule has 6 heteroatoms. The Morgan fingerprint density at radius 1 is 1.09 bits per heavy atom. The highest BCUT2D eigenvalue weighted by molar-refractivity contribution is 5.90. The van der Waals surface area contributed by atoms with Gasteiger partial charge >= 0.3 is 5.97 Å². The summed E-state index contributed by atoms with van der Waals surface area (Å²) < 4.78 is 5.35. The van der Waals surface area contributed by atoms with E-state index in [1.807, 2.05) is 55.5 Å². The molecule has 0 saturated carbocycles. The van der Waals surface area contributed by atoms with Crippen molar-refractivity contribution in [3.05, 3.63) is 95.4 Å². The standard InChI is InChI=1S/C27H27N3O3/c1-3-4-16-33-27(32)20-8-7-9-21(17-20)30-25(23-10-5-6-15-28-23)22-14-13-19-12-11-18(2)29-24(19)26(22)31/h5-15,17,25,30-31H,3-4,16H2,1-2H3. The number of rotatable bonds is 8. The van der Waals surface area contributed by atoms with E-state index in [-0.39, 0.29) is 11.7 Å². The van der Waals surface area contributed by atoms with Crippen LogP contribution >= 0.6 is 0 Å². The number of phenols is 1. The Bertz CT molecular complexity index is 1260. The zero-order valence-corrected chi connectivity index (χ0v) is 18.8. The lowest BCUT2D eigenvalue weighted by Gasteiger charge is -2.22. The number of pyridine rings is 2. The van der Waals surface area contributed by atoms with Crippen molar-refractivity contribution in [1.29, 1.82) is 0 Å². The van der Waals surface area contributed by atoms with Crippen LogP contribution in [0.25, 0.3) is 10.9 Å². The number of phenolic OH excluding ortho intramolecular Hbond substituents is 1. The molecule has 2 heterocycles. The topological polar surface area (TPSA) is 84.3 Å². The van der Waals surface area contributed by atoms with Crippen molar-refractivity contribution in [3.63, 3.8) is 0 Å². The number of nitrogens with zero attached hydrogens (tertiary/aromatic N) is 2. The minimum atomic E-state index is -0.454. The maximum absolute atomic E-state index is 12.4. The summed E-state index contributed by atoms with van der Waals surface area (Å²) in [6, 6.07) is 20.0. The second kappa shape index (κ2) is 10.1. The van der Waals surface area contributed by atoms with Crippen LogP contribution in [0.3, 0.4) is 0 Å². The average molecular weight is 442 g/mol. The van der Waals surface area contributed by atoms with Crippen LogP contribution in [0, 0.1) is 6.92 Å². The normalized spacial score (nSPS) is 11.8. The maximum atomic E-state index is 12.4. The van der Waals surface area contributed by atoms with Crippen LogP contribution in [0.4, 0.5) is 5.69 Å². The molecular formula is C27H27N3O3. The maximum Gasteiger partial charge on any atom is 0.338 e. The number of esters is 1. The quantitative estimate of drug-likeness (QED) is 0.265. The van der Waals surface area contributed by atoms with Gasteiger partial charge < -0.3 is 15.2 Å². The van der Waals surface area contributed by atoms with Crippen molar-refractivity contribution in [1.82, 2.24) is 9.97 Å². The van der Waals surface area contributed by atoms with Crippen LogP contribution in [0.2, 0.25) is 0 Å². The zero-order chi connectivity index (χ0) is 23.2. The van der Waals surface area contributed by atoms with Crippen molar-refractivity contribution in [3.8, 4) is 5.75 Å². The van der Waals surface area contributed by atoms with Crippen LogP contribution in [0.1, 0.15) is 53.1 Å². The highest BCUT2D eigenvalue weighted by Gasteiger charge is 2.21. The molecular weight excluding hydrogens is 414 g/mol. The molecule has 0 aliphatic heterocycles. The molecule has 0 saturated heterocycles. The first-order valence-corrected chi connectivity index (χ1v) is 11.1. The summed E-state index contributed by atoms with van der Waals surface area (Å²) in [6.07, 6.45) is 3.51. The van der Waals surface area contributed by atoms with Crippen molar-refractivity contribution in [2.45, 2.75) is 32.7 Å². The Balaban J connectivity index is 1.71. The van der Waals surface area contributed by atoms with Gasteiger partial charge in [0.2, 0.25) is 0 Å². The van der Waals surface area contributed by atoms with E-state index in [1.165, 1.54) is 0 Å². The SMILES string of the molecule is CCCCOC(=O)c1cccc(NC(c2ccccn2)c2ccc3ccc(C)nc3c2O)c1. The third-order valence-corrected chi connectivity index (χ3v) is 5.44. The van der Waals surface area contributed by atoms with E-state index in [0.29, 0.717) is 28.9 Å². The van der Waals surface area contributed by atoms with Gasteiger partial charge in [-0.1, -0.05) is 43.7 Å². The number of nitrogens with one attached hydrogen (secondary N) is 1. The first-order valence-electron chi connectivity index (χ1n) is 11.1. The molecule has 2 aromatic carbocycles. The average Bonchev–Trinajstić information content (AvgIpc) is 2.84. The number of aromatic hydroxyl groups is 1. The van der Waals surface area contributed by atoms with Crippen molar-refractivity contribution in [2.24, 2.45) is 0 Å². The molecule has 2 aromatic heterocycles. The summed E-state index contributed by atoms with van der Waals surface area (Å²) in [4.78, 5) is 21.5. The molecule has 0 aliphatic rings. The third-order valence-electron chi connectivity index (χ3n) is 5.44. The lowest BCUT2D eigenvalue weighted by atomic mass is 9.99. The largest absolute Gasteiger partial charge is 0.505 e. The number of anilines is 1. The Morgan fingerprint density at radius 3 is 2.73 bits per heavy atom. The second-order valence-corrected chi connectivity index (χ2v) is 7.93. The molecule has 0 bridgehead atoms. The first-order chi connectivity index (χ1) is 16.1. The predicted octanol–water partition coefficient (Wildman–Crippen LogP) is 5.80. The Morgan fingerprint density at radius 2 is 1.94 bits per heavy atom. The number of aromatic nitrogens is 2. The van der Waals surface area contributed by atoms with E-state index in [1.54, 1.807) is 24.4 Å². The second-order valence-electron chi connectivity index (χ2n) is 7.93. The van der Waals surface area contributed by atoms with Gasteiger partial charge in [0, 0.05) is 28.5 Å². The summed E-state index contributed by atoms with van der Waals surface area (Å²) in [5.74, 6) is -0.246. The third kappa shape index (κ3) is 5.12. The van der Waals surface area contributed by atoms with Gasteiger partial charge in [-0.15, -0.1) is 0 Å². The minimum Gasteiger partial charge on any atom is -0.505 e. The van der Waals surface area contributed by atoms with Crippen LogP contribution < -0.4 is 5.32 Å². The fourth-order valence-corrected chi connectivity index (χ4v) is 3.67. The number of ether oxygens (including phenoxy) is 1. The van der Waals surface area contributed by atoms with E-state index in [2.05, 4.69) is 22.2 Å². The van der Waals surface area contributed by atoms with Crippen LogP contribution in [0.15, 0.2) is 72.9 Å². The molecule has 168 valence electrons. The van der Waals surface area contributed by atoms with Gasteiger partial charge in [-0.2, -0.15) is 0 Å². The fraction of sp³-hybridized carbons (Fsp3) is 0.222. The van der Waals surface area contributed by atoms with E-state index in [4.69, 9.17) is 4.74 Å². The van der Waals surface area contributed by atoms with Crippen LogP contribution in [-0.2, 0) is 4.74 Å². The molecule has 2 N–H and O–H groups in total. The van der Waals surface area contributed by atoms with Gasteiger partial charge in [0.05, 0.1) is 23.9 Å². The Hall–Kier alpha value is -3.93. The minimum absolute atomic E-state index is 0.106. The lowest BCUT2D eigenvalue weighted by Crippen LogP contribution is -2.15. The highest BCUT2D eigenvalue weighted by atomic mass is 16.5. The monoisotopic (exact) mass is 441 g/mol. The number of carbonyl (C=O) groups excluding carboxylic acids is 1. The van der Waals surface area contributed by atoms with Gasteiger partial charge in [-0.05, 0) is 49.7 Å². The predicted molar refractivity (Wildman–Crippen MR) is 129 cm³/mol. The van der Waals surface area contributed by atoms with Crippen molar-refractivity contribution < 1.29 is 14.6 Å².